The molecule has 1 rings (SSSR count). The number of rotatable bonds is 7. The zero-order valence-electron chi connectivity index (χ0n) is 9.78. The van der Waals surface area contributed by atoms with E-state index in [-0.39, 0.29) is 0 Å². The fraction of sp³-hybridized carbons (Fsp3) is 0.667. The summed E-state index contributed by atoms with van der Waals surface area (Å²) >= 11 is 0. The summed E-state index contributed by atoms with van der Waals surface area (Å²) < 4.78 is 5.03. The Morgan fingerprint density at radius 2 is 2.27 bits per heavy atom. The van der Waals surface area contributed by atoms with E-state index in [0.29, 0.717) is 6.04 Å². The van der Waals surface area contributed by atoms with Crippen LogP contribution >= 0.6 is 0 Å². The topological polar surface area (TPSA) is 42.4 Å². The van der Waals surface area contributed by atoms with Gasteiger partial charge in [-0.1, -0.05) is 6.42 Å². The lowest BCUT2D eigenvalue weighted by Gasteiger charge is -2.15. The first-order valence-corrected chi connectivity index (χ1v) is 5.63. The molecular formula is C12H22N2O. The molecule has 0 aliphatic carbocycles. The molecule has 1 aromatic rings. The highest BCUT2D eigenvalue weighted by molar-refractivity contribution is 5.04. The third-order valence-electron chi connectivity index (χ3n) is 2.48. The molecule has 0 saturated heterocycles. The number of hydrogen-bond acceptors (Lipinski definition) is 3. The number of furan rings is 1. The van der Waals surface area contributed by atoms with Gasteiger partial charge in [-0.15, -0.1) is 0 Å². The number of nitrogens with two attached hydrogens (primary N) is 1. The van der Waals surface area contributed by atoms with Gasteiger partial charge in [-0.25, -0.2) is 0 Å². The van der Waals surface area contributed by atoms with Gasteiger partial charge in [-0.2, -0.15) is 0 Å². The molecule has 15 heavy (non-hydrogen) atoms. The molecule has 0 bridgehead atoms. The van der Waals surface area contributed by atoms with Crippen LogP contribution in [0.25, 0.3) is 0 Å². The second-order valence-corrected chi connectivity index (χ2v) is 4.34. The van der Waals surface area contributed by atoms with E-state index in [0.717, 1.165) is 19.5 Å². The molecule has 1 unspecified atom stereocenters. The Labute approximate surface area is 92.2 Å². The van der Waals surface area contributed by atoms with Gasteiger partial charge in [-0.05, 0) is 39.4 Å². The van der Waals surface area contributed by atoms with Crippen LogP contribution in [0.3, 0.4) is 0 Å². The van der Waals surface area contributed by atoms with Crippen molar-refractivity contribution in [1.82, 2.24) is 4.90 Å². The smallest absolute Gasteiger partial charge is 0.0947 e. The Bertz CT molecular complexity index is 244. The molecule has 0 aromatic carbocycles. The average molecular weight is 210 g/mol. The lowest BCUT2D eigenvalue weighted by atomic mass is 10.1. The van der Waals surface area contributed by atoms with Crippen LogP contribution in [0.15, 0.2) is 23.0 Å². The van der Waals surface area contributed by atoms with E-state index < -0.39 is 0 Å². The van der Waals surface area contributed by atoms with Crippen molar-refractivity contribution < 1.29 is 4.42 Å². The SMILES string of the molecule is CC(N)CCCCN(C)Cc1ccoc1. The predicted molar refractivity (Wildman–Crippen MR) is 62.5 cm³/mol. The maximum absolute atomic E-state index is 5.69. The first-order chi connectivity index (χ1) is 7.18. The third-order valence-corrected chi connectivity index (χ3v) is 2.48. The fourth-order valence-corrected chi connectivity index (χ4v) is 1.62. The molecule has 0 spiro atoms. The summed E-state index contributed by atoms with van der Waals surface area (Å²) in [6.07, 6.45) is 7.08. The van der Waals surface area contributed by atoms with Gasteiger partial charge in [0.1, 0.15) is 0 Å². The van der Waals surface area contributed by atoms with Crippen molar-refractivity contribution in [3.63, 3.8) is 0 Å². The van der Waals surface area contributed by atoms with Gasteiger partial charge in [-0.3, -0.25) is 0 Å². The van der Waals surface area contributed by atoms with Crippen LogP contribution in [0.2, 0.25) is 0 Å². The van der Waals surface area contributed by atoms with Crippen molar-refractivity contribution in [2.75, 3.05) is 13.6 Å². The first-order valence-electron chi connectivity index (χ1n) is 5.63. The predicted octanol–water partition coefficient (Wildman–Crippen LogP) is 2.23. The molecule has 2 N–H and O–H groups in total. The van der Waals surface area contributed by atoms with Crippen LogP contribution < -0.4 is 5.73 Å². The third kappa shape index (κ3) is 5.60. The number of unbranched alkanes of at least 4 members (excludes halogenated alkanes) is 1. The van der Waals surface area contributed by atoms with Crippen LogP contribution in [0.4, 0.5) is 0 Å². The Hall–Kier alpha value is -0.800. The zero-order valence-corrected chi connectivity index (χ0v) is 9.78. The van der Waals surface area contributed by atoms with Gasteiger partial charge in [0.2, 0.25) is 0 Å². The normalized spacial score (nSPS) is 13.3. The van der Waals surface area contributed by atoms with E-state index in [2.05, 4.69) is 18.9 Å². The number of hydrogen-bond donors (Lipinski definition) is 1. The van der Waals surface area contributed by atoms with Crippen molar-refractivity contribution in [1.29, 1.82) is 0 Å². The van der Waals surface area contributed by atoms with E-state index >= 15 is 0 Å². The second kappa shape index (κ2) is 6.64. The van der Waals surface area contributed by atoms with Crippen LogP contribution in [0, 0.1) is 0 Å². The van der Waals surface area contributed by atoms with E-state index in [4.69, 9.17) is 10.2 Å². The van der Waals surface area contributed by atoms with Crippen molar-refractivity contribution in [2.24, 2.45) is 5.73 Å². The highest BCUT2D eigenvalue weighted by atomic mass is 16.3. The van der Waals surface area contributed by atoms with E-state index in [1.807, 2.05) is 6.07 Å². The summed E-state index contributed by atoms with van der Waals surface area (Å²) in [7, 11) is 2.14. The minimum absolute atomic E-state index is 0.337. The van der Waals surface area contributed by atoms with Gasteiger partial charge < -0.3 is 15.1 Å². The van der Waals surface area contributed by atoms with Crippen molar-refractivity contribution in [3.05, 3.63) is 24.2 Å². The van der Waals surface area contributed by atoms with E-state index in [1.165, 1.54) is 18.4 Å². The largest absolute Gasteiger partial charge is 0.472 e. The van der Waals surface area contributed by atoms with E-state index in [9.17, 15) is 0 Å². The molecule has 0 fully saturated rings. The zero-order chi connectivity index (χ0) is 11.1. The van der Waals surface area contributed by atoms with Crippen LogP contribution in [-0.2, 0) is 6.54 Å². The lowest BCUT2D eigenvalue weighted by molar-refractivity contribution is 0.314. The molecule has 86 valence electrons. The fourth-order valence-electron chi connectivity index (χ4n) is 1.62. The summed E-state index contributed by atoms with van der Waals surface area (Å²) in [6, 6.07) is 2.35. The minimum Gasteiger partial charge on any atom is -0.472 e. The molecule has 1 atom stereocenters. The highest BCUT2D eigenvalue weighted by Crippen LogP contribution is 2.05. The summed E-state index contributed by atoms with van der Waals surface area (Å²) in [5.41, 5.74) is 6.93. The highest BCUT2D eigenvalue weighted by Gasteiger charge is 2.01. The summed E-state index contributed by atoms with van der Waals surface area (Å²) in [5, 5.41) is 0. The number of nitrogens with zero attached hydrogens (tertiary/aromatic N) is 1. The maximum atomic E-state index is 5.69. The molecule has 1 aromatic heterocycles. The van der Waals surface area contributed by atoms with Gasteiger partial charge in [0.15, 0.2) is 0 Å². The molecule has 0 aliphatic heterocycles. The van der Waals surface area contributed by atoms with Gasteiger partial charge >= 0.3 is 0 Å². The first kappa shape index (κ1) is 12.3. The molecule has 0 saturated carbocycles. The molecule has 3 heteroatoms. The molecular weight excluding hydrogens is 188 g/mol. The Kier molecular flexibility index (Phi) is 5.43. The van der Waals surface area contributed by atoms with Gasteiger partial charge in [0.05, 0.1) is 12.5 Å². The minimum atomic E-state index is 0.337. The van der Waals surface area contributed by atoms with Crippen LogP contribution in [0.1, 0.15) is 31.7 Å². The molecule has 0 aliphatic rings. The van der Waals surface area contributed by atoms with Crippen LogP contribution in [0.5, 0.6) is 0 Å². The summed E-state index contributed by atoms with van der Waals surface area (Å²) in [4.78, 5) is 2.31. The monoisotopic (exact) mass is 210 g/mol. The van der Waals surface area contributed by atoms with Gasteiger partial charge in [0, 0.05) is 18.2 Å². The molecule has 0 radical (unpaired) electrons. The quantitative estimate of drug-likeness (QED) is 0.702. The Morgan fingerprint density at radius 1 is 1.47 bits per heavy atom. The van der Waals surface area contributed by atoms with Crippen molar-refractivity contribution >= 4 is 0 Å². The molecule has 1 heterocycles. The second-order valence-electron chi connectivity index (χ2n) is 4.34. The maximum Gasteiger partial charge on any atom is 0.0947 e. The molecule has 0 amide bonds. The van der Waals surface area contributed by atoms with Crippen molar-refractivity contribution in [3.8, 4) is 0 Å². The Morgan fingerprint density at radius 3 is 2.87 bits per heavy atom. The summed E-state index contributed by atoms with van der Waals surface area (Å²) in [5.74, 6) is 0. The standard InChI is InChI=1S/C12H22N2O/c1-11(13)5-3-4-7-14(2)9-12-6-8-15-10-12/h6,8,10-11H,3-5,7,9,13H2,1-2H3. The van der Waals surface area contributed by atoms with Crippen molar-refractivity contribution in [2.45, 2.75) is 38.8 Å². The summed E-state index contributed by atoms with van der Waals surface area (Å²) in [6.45, 7) is 4.15. The van der Waals surface area contributed by atoms with E-state index in [1.54, 1.807) is 12.5 Å². The van der Waals surface area contributed by atoms with Gasteiger partial charge in [0.25, 0.3) is 0 Å². The average Bonchev–Trinajstić information content (AvgIpc) is 2.64. The molecule has 3 nitrogen and oxygen atoms in total. The van der Waals surface area contributed by atoms with Crippen LogP contribution in [-0.4, -0.2) is 24.5 Å². The lowest BCUT2D eigenvalue weighted by Crippen LogP contribution is -2.20. The Balaban J connectivity index is 2.06.